The summed E-state index contributed by atoms with van der Waals surface area (Å²) >= 11 is 0. The fourth-order valence-electron chi connectivity index (χ4n) is 3.91. The van der Waals surface area contributed by atoms with Crippen LogP contribution in [0.2, 0.25) is 0 Å². The maximum Gasteiger partial charge on any atom is 0.347 e. The number of halogens is 1. The van der Waals surface area contributed by atoms with Gasteiger partial charge < -0.3 is 4.90 Å². The predicted octanol–water partition coefficient (Wildman–Crippen LogP) is 3.16. The number of piperidine rings is 1. The molecule has 0 radical (unpaired) electrons. The van der Waals surface area contributed by atoms with Crippen molar-refractivity contribution < 1.29 is 9.18 Å². The summed E-state index contributed by atoms with van der Waals surface area (Å²) in [6.07, 6.45) is 4.81. The number of hydrogen-bond donors (Lipinski definition) is 0. The van der Waals surface area contributed by atoms with E-state index in [-0.39, 0.29) is 24.2 Å². The second-order valence-electron chi connectivity index (χ2n) is 7.64. The first-order valence-corrected chi connectivity index (χ1v) is 10.0. The number of hydrogen-bond acceptors (Lipinski definition) is 4. The summed E-state index contributed by atoms with van der Waals surface area (Å²) < 4.78 is 14.6. The Kier molecular flexibility index (Phi) is 5.70. The van der Waals surface area contributed by atoms with Crippen LogP contribution >= 0.6 is 0 Å². The molecule has 0 aliphatic carbocycles. The quantitative estimate of drug-likeness (QED) is 0.668. The largest absolute Gasteiger partial charge is 0.347 e. The lowest BCUT2D eigenvalue weighted by molar-refractivity contribution is -0.133. The third kappa shape index (κ3) is 4.45. The summed E-state index contributed by atoms with van der Waals surface area (Å²) in [5.41, 5.74) is 3.32. The zero-order chi connectivity index (χ0) is 21.1. The average molecular weight is 406 g/mol. The highest BCUT2D eigenvalue weighted by Crippen LogP contribution is 2.29. The van der Waals surface area contributed by atoms with Crippen LogP contribution in [0.4, 0.5) is 4.39 Å². The van der Waals surface area contributed by atoms with Crippen molar-refractivity contribution >= 4 is 5.91 Å². The minimum atomic E-state index is -0.427. The van der Waals surface area contributed by atoms with Crippen LogP contribution in [-0.2, 0) is 11.3 Å². The van der Waals surface area contributed by atoms with E-state index in [1.54, 1.807) is 29.3 Å². The van der Waals surface area contributed by atoms with Crippen LogP contribution in [0.25, 0.3) is 11.1 Å². The first-order chi connectivity index (χ1) is 14.5. The second kappa shape index (κ2) is 8.57. The van der Waals surface area contributed by atoms with Crippen LogP contribution in [0, 0.1) is 12.7 Å². The molecule has 3 heterocycles. The van der Waals surface area contributed by atoms with E-state index in [1.807, 2.05) is 19.1 Å². The van der Waals surface area contributed by atoms with Gasteiger partial charge in [0.15, 0.2) is 0 Å². The number of likely N-dealkylation sites (tertiary alicyclic amines) is 1. The van der Waals surface area contributed by atoms with Gasteiger partial charge in [-0.25, -0.2) is 14.2 Å². The van der Waals surface area contributed by atoms with Crippen molar-refractivity contribution in [2.24, 2.45) is 0 Å². The summed E-state index contributed by atoms with van der Waals surface area (Å²) in [6.45, 7) is 3.16. The Bertz CT molecular complexity index is 1110. The van der Waals surface area contributed by atoms with Crippen molar-refractivity contribution in [2.75, 3.05) is 13.1 Å². The molecule has 3 aromatic rings. The summed E-state index contributed by atoms with van der Waals surface area (Å²) in [5, 5.41) is 0. The molecule has 1 aliphatic heterocycles. The van der Waals surface area contributed by atoms with Crippen LogP contribution in [0.15, 0.2) is 59.7 Å². The van der Waals surface area contributed by atoms with Gasteiger partial charge in [0.05, 0.1) is 0 Å². The third-order valence-electron chi connectivity index (χ3n) is 5.43. The van der Waals surface area contributed by atoms with Gasteiger partial charge >= 0.3 is 5.69 Å². The minimum Gasteiger partial charge on any atom is -0.340 e. The van der Waals surface area contributed by atoms with Crippen molar-refractivity contribution in [1.82, 2.24) is 19.4 Å². The van der Waals surface area contributed by atoms with Crippen LogP contribution < -0.4 is 5.69 Å². The molecule has 1 fully saturated rings. The number of aromatic nitrogens is 3. The van der Waals surface area contributed by atoms with E-state index >= 15 is 0 Å². The standard InChI is InChI=1S/C23H23FN4O2/c1-16-12-19(17-5-7-20(24)8-6-17)13-21(26-16)18-4-2-10-27(14-18)22(29)15-28-11-3-9-25-23(28)30/h3,5-9,11-13,18H,2,4,10,14-15H2,1H3. The number of amides is 1. The van der Waals surface area contributed by atoms with Crippen molar-refractivity contribution in [3.63, 3.8) is 0 Å². The summed E-state index contributed by atoms with van der Waals surface area (Å²) in [7, 11) is 0. The summed E-state index contributed by atoms with van der Waals surface area (Å²) in [5.74, 6) is -0.243. The van der Waals surface area contributed by atoms with Gasteiger partial charge in [-0.05, 0) is 61.2 Å². The van der Waals surface area contributed by atoms with Gasteiger partial charge in [-0.1, -0.05) is 12.1 Å². The Morgan fingerprint density at radius 3 is 2.77 bits per heavy atom. The monoisotopic (exact) mass is 406 g/mol. The predicted molar refractivity (Wildman–Crippen MR) is 111 cm³/mol. The molecule has 2 aromatic heterocycles. The van der Waals surface area contributed by atoms with Gasteiger partial charge in [-0.3, -0.25) is 14.3 Å². The number of aryl methyl sites for hydroxylation is 1. The van der Waals surface area contributed by atoms with Gasteiger partial charge in [0.2, 0.25) is 5.91 Å². The second-order valence-corrected chi connectivity index (χ2v) is 7.64. The van der Waals surface area contributed by atoms with E-state index in [1.165, 1.54) is 22.9 Å². The van der Waals surface area contributed by atoms with Crippen molar-refractivity contribution in [3.8, 4) is 11.1 Å². The highest BCUT2D eigenvalue weighted by Gasteiger charge is 2.26. The SMILES string of the molecule is Cc1cc(-c2ccc(F)cc2)cc(C2CCCN(C(=O)Cn3cccnc3=O)C2)n1. The lowest BCUT2D eigenvalue weighted by Crippen LogP contribution is -2.42. The Morgan fingerprint density at radius 2 is 2.00 bits per heavy atom. The van der Waals surface area contributed by atoms with Crippen LogP contribution in [0.5, 0.6) is 0 Å². The molecule has 154 valence electrons. The molecule has 0 saturated carbocycles. The summed E-state index contributed by atoms with van der Waals surface area (Å²) in [4.78, 5) is 34.8. The molecule has 1 amide bonds. The molecule has 1 atom stereocenters. The van der Waals surface area contributed by atoms with E-state index in [9.17, 15) is 14.0 Å². The molecule has 1 aromatic carbocycles. The van der Waals surface area contributed by atoms with Gasteiger partial charge in [0.25, 0.3) is 0 Å². The van der Waals surface area contributed by atoms with Crippen LogP contribution in [0.3, 0.4) is 0 Å². The highest BCUT2D eigenvalue weighted by molar-refractivity contribution is 5.76. The van der Waals surface area contributed by atoms with E-state index in [2.05, 4.69) is 4.98 Å². The van der Waals surface area contributed by atoms with Gasteiger partial charge in [-0.2, -0.15) is 0 Å². The van der Waals surface area contributed by atoms with E-state index < -0.39 is 5.69 Å². The van der Waals surface area contributed by atoms with Gasteiger partial charge in [-0.15, -0.1) is 0 Å². The molecule has 0 bridgehead atoms. The highest BCUT2D eigenvalue weighted by atomic mass is 19.1. The Balaban J connectivity index is 1.53. The lowest BCUT2D eigenvalue weighted by atomic mass is 9.92. The molecule has 30 heavy (non-hydrogen) atoms. The molecule has 0 N–H and O–H groups in total. The molecular formula is C23H23FN4O2. The average Bonchev–Trinajstić information content (AvgIpc) is 2.75. The molecule has 0 spiro atoms. The Hall–Kier alpha value is -3.35. The number of rotatable bonds is 4. The van der Waals surface area contributed by atoms with Crippen molar-refractivity contribution in [1.29, 1.82) is 0 Å². The fraction of sp³-hybridized carbons (Fsp3) is 0.304. The number of benzene rings is 1. The zero-order valence-electron chi connectivity index (χ0n) is 16.8. The Labute approximate surface area is 174 Å². The maximum atomic E-state index is 13.3. The smallest absolute Gasteiger partial charge is 0.340 e. The van der Waals surface area contributed by atoms with Crippen molar-refractivity contribution in [2.45, 2.75) is 32.2 Å². The van der Waals surface area contributed by atoms with E-state index in [4.69, 9.17) is 4.98 Å². The number of carbonyl (C=O) groups is 1. The van der Waals surface area contributed by atoms with Crippen LogP contribution in [-0.4, -0.2) is 38.4 Å². The van der Waals surface area contributed by atoms with E-state index in [0.717, 1.165) is 35.4 Å². The summed E-state index contributed by atoms with van der Waals surface area (Å²) in [6, 6.07) is 12.1. The molecule has 1 saturated heterocycles. The molecule has 7 heteroatoms. The lowest BCUT2D eigenvalue weighted by Gasteiger charge is -2.33. The zero-order valence-corrected chi connectivity index (χ0v) is 16.8. The van der Waals surface area contributed by atoms with Gasteiger partial charge in [0.1, 0.15) is 12.4 Å². The normalized spacial score (nSPS) is 16.5. The number of pyridine rings is 1. The molecular weight excluding hydrogens is 383 g/mol. The topological polar surface area (TPSA) is 68.1 Å². The fourth-order valence-corrected chi connectivity index (χ4v) is 3.91. The molecule has 1 aliphatic rings. The molecule has 6 nitrogen and oxygen atoms in total. The first kappa shape index (κ1) is 19.9. The van der Waals surface area contributed by atoms with E-state index in [0.29, 0.717) is 13.1 Å². The van der Waals surface area contributed by atoms with Gasteiger partial charge in [0, 0.05) is 42.8 Å². The third-order valence-corrected chi connectivity index (χ3v) is 5.43. The maximum absolute atomic E-state index is 13.3. The molecule has 1 unspecified atom stereocenters. The van der Waals surface area contributed by atoms with Crippen molar-refractivity contribution in [3.05, 3.63) is 82.5 Å². The molecule has 4 rings (SSSR count). The Morgan fingerprint density at radius 1 is 1.20 bits per heavy atom. The minimum absolute atomic E-state index is 0.0124. The number of carbonyl (C=O) groups excluding carboxylic acids is 1. The van der Waals surface area contributed by atoms with Crippen LogP contribution in [0.1, 0.15) is 30.1 Å². The number of nitrogens with zero attached hydrogens (tertiary/aromatic N) is 4. The first-order valence-electron chi connectivity index (χ1n) is 10.0.